The van der Waals surface area contributed by atoms with Gasteiger partial charge in [-0.3, -0.25) is 9.69 Å². The first-order valence-electron chi connectivity index (χ1n) is 8.98. The molecule has 1 amide bonds. The molecule has 0 unspecified atom stereocenters. The van der Waals surface area contributed by atoms with E-state index in [9.17, 15) is 4.79 Å². The van der Waals surface area contributed by atoms with Crippen LogP contribution in [0.5, 0.6) is 0 Å². The van der Waals surface area contributed by atoms with Crippen LogP contribution in [-0.4, -0.2) is 62.8 Å². The summed E-state index contributed by atoms with van der Waals surface area (Å²) in [5, 5.41) is 6.30. The normalized spacial score (nSPS) is 21.4. The van der Waals surface area contributed by atoms with Crippen molar-refractivity contribution < 1.29 is 9.53 Å². The van der Waals surface area contributed by atoms with E-state index in [-0.39, 0.29) is 23.9 Å². The molecular weight excluding hydrogens is 314 g/mol. The zero-order chi connectivity index (χ0) is 15.7. The zero-order valence-electron chi connectivity index (χ0n) is 14.6. The predicted molar refractivity (Wildman–Crippen MR) is 96.2 cm³/mol. The molecule has 136 valence electrons. The van der Waals surface area contributed by atoms with Crippen LogP contribution in [0.1, 0.15) is 51.4 Å². The lowest BCUT2D eigenvalue weighted by molar-refractivity contribution is -0.121. The molecule has 1 saturated carbocycles. The molecule has 6 heteroatoms. The zero-order valence-corrected chi connectivity index (χ0v) is 15.4. The van der Waals surface area contributed by atoms with Gasteiger partial charge in [-0.2, -0.15) is 0 Å². The first kappa shape index (κ1) is 20.7. The Kier molecular flexibility index (Phi) is 10.1. The van der Waals surface area contributed by atoms with Gasteiger partial charge in [0.2, 0.25) is 5.91 Å². The van der Waals surface area contributed by atoms with Crippen LogP contribution in [0.15, 0.2) is 0 Å². The Labute approximate surface area is 147 Å². The maximum Gasteiger partial charge on any atom is 0.234 e. The first-order chi connectivity index (χ1) is 10.8. The highest BCUT2D eigenvalue weighted by atomic mass is 35.5. The number of rotatable bonds is 8. The van der Waals surface area contributed by atoms with Gasteiger partial charge in [-0.15, -0.1) is 12.4 Å². The Morgan fingerprint density at radius 3 is 2.39 bits per heavy atom. The third-order valence-corrected chi connectivity index (χ3v) is 5.19. The smallest absolute Gasteiger partial charge is 0.234 e. The number of carbonyl (C=O) groups is 1. The second-order valence-corrected chi connectivity index (χ2v) is 6.78. The summed E-state index contributed by atoms with van der Waals surface area (Å²) in [4.78, 5) is 14.7. The molecule has 0 atom stereocenters. The van der Waals surface area contributed by atoms with E-state index in [0.717, 1.165) is 13.1 Å². The highest BCUT2D eigenvalue weighted by Gasteiger charge is 2.38. The molecule has 23 heavy (non-hydrogen) atoms. The summed E-state index contributed by atoms with van der Waals surface area (Å²) in [6.07, 6.45) is 10.4. The fourth-order valence-electron chi connectivity index (χ4n) is 3.88. The number of hydrogen-bond donors (Lipinski definition) is 2. The number of carbonyl (C=O) groups excluding carboxylic acids is 1. The quantitative estimate of drug-likeness (QED) is 0.659. The summed E-state index contributed by atoms with van der Waals surface area (Å²) < 4.78 is 4.97. The van der Waals surface area contributed by atoms with Gasteiger partial charge in [-0.05, 0) is 38.8 Å². The van der Waals surface area contributed by atoms with Crippen molar-refractivity contribution in [2.45, 2.75) is 56.9 Å². The Hall–Kier alpha value is -0.360. The van der Waals surface area contributed by atoms with E-state index in [1.54, 1.807) is 7.11 Å². The largest absolute Gasteiger partial charge is 0.383 e. The summed E-state index contributed by atoms with van der Waals surface area (Å²) in [7, 11) is 1.67. The van der Waals surface area contributed by atoms with Gasteiger partial charge < -0.3 is 15.4 Å². The molecule has 0 aromatic rings. The Bertz CT molecular complexity index is 330. The van der Waals surface area contributed by atoms with Crippen LogP contribution in [0.3, 0.4) is 0 Å². The molecular formula is C17H34ClN3O2. The van der Waals surface area contributed by atoms with Crippen LogP contribution >= 0.6 is 12.4 Å². The van der Waals surface area contributed by atoms with Crippen LogP contribution in [-0.2, 0) is 9.53 Å². The lowest BCUT2D eigenvalue weighted by Gasteiger charge is -2.48. The van der Waals surface area contributed by atoms with E-state index in [0.29, 0.717) is 13.2 Å². The third-order valence-electron chi connectivity index (χ3n) is 5.19. The van der Waals surface area contributed by atoms with Gasteiger partial charge in [0.1, 0.15) is 0 Å². The molecule has 0 bridgehead atoms. The Balaban J connectivity index is 0.00000264. The van der Waals surface area contributed by atoms with Crippen LogP contribution in [0, 0.1) is 0 Å². The van der Waals surface area contributed by atoms with Crippen LogP contribution in [0.2, 0.25) is 0 Å². The maximum atomic E-state index is 12.0. The molecule has 2 rings (SSSR count). The minimum absolute atomic E-state index is 0. The Morgan fingerprint density at radius 1 is 1.09 bits per heavy atom. The number of hydrogen-bond acceptors (Lipinski definition) is 4. The third kappa shape index (κ3) is 6.57. The van der Waals surface area contributed by atoms with Gasteiger partial charge in [0.25, 0.3) is 0 Å². The highest BCUT2D eigenvalue weighted by molar-refractivity contribution is 5.85. The minimum Gasteiger partial charge on any atom is -0.383 e. The lowest BCUT2D eigenvalue weighted by Crippen LogP contribution is -2.58. The maximum absolute atomic E-state index is 12.0. The van der Waals surface area contributed by atoms with Crippen LogP contribution < -0.4 is 10.6 Å². The molecule has 2 N–H and O–H groups in total. The molecule has 2 fully saturated rings. The minimum atomic E-state index is 0. The van der Waals surface area contributed by atoms with Gasteiger partial charge in [0.05, 0.1) is 13.2 Å². The van der Waals surface area contributed by atoms with Gasteiger partial charge in [0, 0.05) is 25.7 Å². The monoisotopic (exact) mass is 347 g/mol. The van der Waals surface area contributed by atoms with Crippen molar-refractivity contribution in [3.8, 4) is 0 Å². The summed E-state index contributed by atoms with van der Waals surface area (Å²) in [5.74, 6) is 0.109. The van der Waals surface area contributed by atoms with E-state index in [1.165, 1.54) is 64.5 Å². The molecule has 0 aromatic heterocycles. The fraction of sp³-hybridized carbons (Fsp3) is 0.941. The molecule has 1 aliphatic heterocycles. The number of halogens is 1. The average molecular weight is 348 g/mol. The van der Waals surface area contributed by atoms with Crippen molar-refractivity contribution in [1.29, 1.82) is 0 Å². The number of likely N-dealkylation sites (tertiary alicyclic amines) is 1. The number of nitrogens with one attached hydrogen (secondary N) is 2. The Morgan fingerprint density at radius 2 is 1.74 bits per heavy atom. The van der Waals surface area contributed by atoms with Gasteiger partial charge in [-0.1, -0.05) is 25.7 Å². The molecule has 2 aliphatic rings. The molecule has 1 saturated heterocycles. The van der Waals surface area contributed by atoms with Gasteiger partial charge in [0.15, 0.2) is 0 Å². The number of ether oxygens (including phenoxy) is 1. The molecule has 1 aliphatic carbocycles. The summed E-state index contributed by atoms with van der Waals surface area (Å²) in [5.41, 5.74) is 0.223. The van der Waals surface area contributed by atoms with Crippen molar-refractivity contribution in [3.05, 3.63) is 0 Å². The molecule has 5 nitrogen and oxygen atoms in total. The van der Waals surface area contributed by atoms with Crippen molar-refractivity contribution in [2.24, 2.45) is 0 Å². The average Bonchev–Trinajstić information content (AvgIpc) is 2.58. The topological polar surface area (TPSA) is 53.6 Å². The second-order valence-electron chi connectivity index (χ2n) is 6.78. The number of methoxy groups -OCH3 is 1. The number of piperidine rings is 1. The van der Waals surface area contributed by atoms with Gasteiger partial charge >= 0.3 is 0 Å². The number of amides is 1. The molecule has 0 radical (unpaired) electrons. The number of nitrogens with zero attached hydrogens (tertiary/aromatic N) is 1. The predicted octanol–water partition coefficient (Wildman–Crippen LogP) is 1.95. The van der Waals surface area contributed by atoms with Crippen molar-refractivity contribution in [2.75, 3.05) is 46.4 Å². The van der Waals surface area contributed by atoms with E-state index >= 15 is 0 Å². The second kappa shape index (κ2) is 11.2. The summed E-state index contributed by atoms with van der Waals surface area (Å²) >= 11 is 0. The van der Waals surface area contributed by atoms with E-state index in [4.69, 9.17) is 4.74 Å². The standard InChI is InChI=1S/C17H33N3O2.ClH/c1-22-13-10-18-14-16(21)19-15-17(8-4-2-5-9-17)20-11-6-3-7-12-20;/h18H,2-15H2,1H3,(H,19,21);1H. The molecule has 1 heterocycles. The molecule has 0 spiro atoms. The van der Waals surface area contributed by atoms with Crippen molar-refractivity contribution >= 4 is 18.3 Å². The van der Waals surface area contributed by atoms with Gasteiger partial charge in [-0.25, -0.2) is 0 Å². The van der Waals surface area contributed by atoms with E-state index in [1.807, 2.05) is 0 Å². The van der Waals surface area contributed by atoms with Crippen molar-refractivity contribution in [3.63, 3.8) is 0 Å². The fourth-order valence-corrected chi connectivity index (χ4v) is 3.88. The molecule has 0 aromatic carbocycles. The van der Waals surface area contributed by atoms with E-state index < -0.39 is 0 Å². The summed E-state index contributed by atoms with van der Waals surface area (Å²) in [6, 6.07) is 0. The first-order valence-corrected chi connectivity index (χ1v) is 8.98. The summed E-state index contributed by atoms with van der Waals surface area (Å²) in [6.45, 7) is 4.99. The van der Waals surface area contributed by atoms with Crippen LogP contribution in [0.4, 0.5) is 0 Å². The highest BCUT2D eigenvalue weighted by Crippen LogP contribution is 2.35. The van der Waals surface area contributed by atoms with E-state index in [2.05, 4.69) is 15.5 Å². The lowest BCUT2D eigenvalue weighted by atomic mass is 9.79. The SMILES string of the molecule is COCCNCC(=O)NCC1(N2CCCCC2)CCCCC1.Cl. The van der Waals surface area contributed by atoms with Crippen LogP contribution in [0.25, 0.3) is 0 Å². The van der Waals surface area contributed by atoms with Crippen molar-refractivity contribution in [1.82, 2.24) is 15.5 Å².